The molecule has 31 heavy (non-hydrogen) atoms. The van der Waals surface area contributed by atoms with Gasteiger partial charge in [0, 0.05) is 32.7 Å². The van der Waals surface area contributed by atoms with Gasteiger partial charge in [0.2, 0.25) is 0 Å². The zero-order valence-electron chi connectivity index (χ0n) is 18.2. The van der Waals surface area contributed by atoms with E-state index in [0.717, 1.165) is 32.6 Å². The quantitative estimate of drug-likeness (QED) is 0.638. The van der Waals surface area contributed by atoms with Crippen LogP contribution in [0.5, 0.6) is 0 Å². The second-order valence-electron chi connectivity index (χ2n) is 8.22. The van der Waals surface area contributed by atoms with Gasteiger partial charge in [-0.05, 0) is 30.0 Å². The second-order valence-corrected chi connectivity index (χ2v) is 8.22. The number of hydrogen-bond acceptors (Lipinski definition) is 2. The molecule has 2 amide bonds. The average Bonchev–Trinajstić information content (AvgIpc) is 2.81. The van der Waals surface area contributed by atoms with Crippen molar-refractivity contribution in [2.45, 2.75) is 19.4 Å². The van der Waals surface area contributed by atoms with Crippen LogP contribution in [-0.2, 0) is 6.42 Å². The van der Waals surface area contributed by atoms with Crippen molar-refractivity contribution < 1.29 is 4.79 Å². The highest BCUT2D eigenvalue weighted by atomic mass is 16.2. The number of carbonyl (C=O) groups excluding carboxylic acids is 1. The van der Waals surface area contributed by atoms with E-state index in [0.29, 0.717) is 6.54 Å². The molecule has 1 fully saturated rings. The van der Waals surface area contributed by atoms with Crippen molar-refractivity contribution in [3.63, 3.8) is 0 Å². The van der Waals surface area contributed by atoms with Crippen LogP contribution in [0.1, 0.15) is 28.3 Å². The summed E-state index contributed by atoms with van der Waals surface area (Å²) >= 11 is 0. The summed E-state index contributed by atoms with van der Waals surface area (Å²) in [7, 11) is 0. The van der Waals surface area contributed by atoms with Crippen LogP contribution >= 0.6 is 0 Å². The van der Waals surface area contributed by atoms with Crippen molar-refractivity contribution in [3.8, 4) is 0 Å². The fourth-order valence-corrected chi connectivity index (χ4v) is 4.36. The second kappa shape index (κ2) is 10.3. The van der Waals surface area contributed by atoms with Gasteiger partial charge in [-0.25, -0.2) is 4.79 Å². The molecule has 0 aliphatic carbocycles. The van der Waals surface area contributed by atoms with Gasteiger partial charge in [0.05, 0.1) is 6.04 Å². The third-order valence-electron chi connectivity index (χ3n) is 5.97. The molecule has 3 aromatic carbocycles. The van der Waals surface area contributed by atoms with Crippen LogP contribution in [0.25, 0.3) is 0 Å². The Morgan fingerprint density at radius 3 is 2.03 bits per heavy atom. The van der Waals surface area contributed by atoms with E-state index in [9.17, 15) is 4.79 Å². The first kappa shape index (κ1) is 21.1. The maximum Gasteiger partial charge on any atom is 0.317 e. The van der Waals surface area contributed by atoms with Crippen LogP contribution in [0.4, 0.5) is 4.79 Å². The number of piperazine rings is 1. The van der Waals surface area contributed by atoms with E-state index in [2.05, 4.69) is 102 Å². The molecular weight excluding hydrogens is 382 g/mol. The first-order valence-corrected chi connectivity index (χ1v) is 11.1. The predicted molar refractivity (Wildman–Crippen MR) is 126 cm³/mol. The summed E-state index contributed by atoms with van der Waals surface area (Å²) in [4.78, 5) is 17.1. The van der Waals surface area contributed by atoms with Crippen LogP contribution in [-0.4, -0.2) is 48.6 Å². The highest BCUT2D eigenvalue weighted by molar-refractivity contribution is 5.74. The maximum atomic E-state index is 12.7. The van der Waals surface area contributed by atoms with Gasteiger partial charge < -0.3 is 10.2 Å². The molecule has 4 rings (SSSR count). The Morgan fingerprint density at radius 2 is 1.45 bits per heavy atom. The Morgan fingerprint density at radius 1 is 0.839 bits per heavy atom. The lowest BCUT2D eigenvalue weighted by Gasteiger charge is -2.39. The summed E-state index contributed by atoms with van der Waals surface area (Å²) in [5, 5.41) is 3.10. The van der Waals surface area contributed by atoms with E-state index in [4.69, 9.17) is 0 Å². The van der Waals surface area contributed by atoms with E-state index in [-0.39, 0.29) is 12.1 Å². The summed E-state index contributed by atoms with van der Waals surface area (Å²) in [6.45, 7) is 5.97. The minimum atomic E-state index is 0.0447. The highest BCUT2D eigenvalue weighted by Crippen LogP contribution is 2.29. The molecule has 0 bridgehead atoms. The Kier molecular flexibility index (Phi) is 7.00. The number of hydrogen-bond donors (Lipinski definition) is 1. The van der Waals surface area contributed by atoms with Crippen LogP contribution in [0.2, 0.25) is 0 Å². The molecule has 0 aromatic heterocycles. The van der Waals surface area contributed by atoms with Crippen LogP contribution in [0, 0.1) is 6.92 Å². The SMILES string of the molecule is Cc1cccc(CCNC(=O)N2CCN(C(c3ccccc3)c3ccccc3)CC2)c1. The molecule has 160 valence electrons. The topological polar surface area (TPSA) is 35.6 Å². The van der Waals surface area contributed by atoms with Crippen molar-refractivity contribution in [2.24, 2.45) is 0 Å². The number of nitrogens with one attached hydrogen (secondary N) is 1. The first-order chi connectivity index (χ1) is 15.2. The molecule has 1 aliphatic rings. The number of benzene rings is 3. The predicted octanol–water partition coefficient (Wildman–Crippen LogP) is 4.65. The van der Waals surface area contributed by atoms with Crippen molar-refractivity contribution >= 4 is 6.03 Å². The highest BCUT2D eigenvalue weighted by Gasteiger charge is 2.27. The molecule has 1 saturated heterocycles. The summed E-state index contributed by atoms with van der Waals surface area (Å²) < 4.78 is 0. The van der Waals surface area contributed by atoms with Crippen LogP contribution in [0.15, 0.2) is 84.9 Å². The Hall–Kier alpha value is -3.11. The van der Waals surface area contributed by atoms with E-state index in [1.54, 1.807) is 0 Å². The minimum Gasteiger partial charge on any atom is -0.338 e. The summed E-state index contributed by atoms with van der Waals surface area (Å²) in [6, 6.07) is 30.0. The average molecular weight is 414 g/mol. The van der Waals surface area contributed by atoms with Crippen molar-refractivity contribution in [1.29, 1.82) is 0 Å². The number of rotatable bonds is 6. The smallest absolute Gasteiger partial charge is 0.317 e. The van der Waals surface area contributed by atoms with Gasteiger partial charge in [0.1, 0.15) is 0 Å². The van der Waals surface area contributed by atoms with E-state index in [1.165, 1.54) is 22.3 Å². The lowest BCUT2D eigenvalue weighted by atomic mass is 9.96. The fourth-order valence-electron chi connectivity index (χ4n) is 4.36. The molecule has 1 N–H and O–H groups in total. The van der Waals surface area contributed by atoms with E-state index >= 15 is 0 Å². The molecule has 1 heterocycles. The molecule has 3 aromatic rings. The van der Waals surface area contributed by atoms with E-state index in [1.807, 2.05) is 4.90 Å². The fraction of sp³-hybridized carbons (Fsp3) is 0.296. The number of amides is 2. The molecule has 4 heteroatoms. The van der Waals surface area contributed by atoms with Gasteiger partial charge in [0.25, 0.3) is 0 Å². The lowest BCUT2D eigenvalue weighted by Crippen LogP contribution is -2.52. The summed E-state index contributed by atoms with van der Waals surface area (Å²) in [5.74, 6) is 0. The van der Waals surface area contributed by atoms with Gasteiger partial charge >= 0.3 is 6.03 Å². The number of nitrogens with zero attached hydrogens (tertiary/aromatic N) is 2. The van der Waals surface area contributed by atoms with Gasteiger partial charge in [-0.15, -0.1) is 0 Å². The number of aryl methyl sites for hydroxylation is 1. The van der Waals surface area contributed by atoms with Gasteiger partial charge in [-0.1, -0.05) is 90.5 Å². The maximum absolute atomic E-state index is 12.7. The third kappa shape index (κ3) is 5.53. The molecule has 0 spiro atoms. The van der Waals surface area contributed by atoms with Gasteiger partial charge in [-0.3, -0.25) is 4.90 Å². The molecule has 0 saturated carbocycles. The largest absolute Gasteiger partial charge is 0.338 e. The molecular formula is C27H31N3O. The molecule has 0 radical (unpaired) electrons. The third-order valence-corrected chi connectivity index (χ3v) is 5.97. The lowest BCUT2D eigenvalue weighted by molar-refractivity contribution is 0.120. The Bertz CT molecular complexity index is 927. The molecule has 4 nitrogen and oxygen atoms in total. The van der Waals surface area contributed by atoms with Crippen molar-refractivity contribution in [3.05, 3.63) is 107 Å². The Labute approximate surface area is 185 Å². The molecule has 0 atom stereocenters. The van der Waals surface area contributed by atoms with Crippen molar-refractivity contribution in [2.75, 3.05) is 32.7 Å². The molecule has 0 unspecified atom stereocenters. The van der Waals surface area contributed by atoms with E-state index < -0.39 is 0 Å². The minimum absolute atomic E-state index is 0.0447. The number of carbonyl (C=O) groups is 1. The first-order valence-electron chi connectivity index (χ1n) is 11.1. The van der Waals surface area contributed by atoms with Gasteiger partial charge in [0.15, 0.2) is 0 Å². The molecule has 1 aliphatic heterocycles. The Balaban J connectivity index is 1.33. The van der Waals surface area contributed by atoms with Crippen LogP contribution < -0.4 is 5.32 Å². The summed E-state index contributed by atoms with van der Waals surface area (Å²) in [5.41, 5.74) is 5.11. The standard InChI is InChI=1S/C27H31N3O/c1-22-9-8-10-23(21-22)15-16-28-27(31)30-19-17-29(18-20-30)26(24-11-4-2-5-12-24)25-13-6-3-7-14-25/h2-14,21,26H,15-20H2,1H3,(H,28,31). The van der Waals surface area contributed by atoms with Gasteiger partial charge in [-0.2, -0.15) is 0 Å². The van der Waals surface area contributed by atoms with Crippen LogP contribution in [0.3, 0.4) is 0 Å². The normalized spacial score (nSPS) is 14.6. The summed E-state index contributed by atoms with van der Waals surface area (Å²) in [6.07, 6.45) is 0.859. The zero-order valence-corrected chi connectivity index (χ0v) is 18.2. The zero-order chi connectivity index (χ0) is 21.5. The monoisotopic (exact) mass is 413 g/mol. The van der Waals surface area contributed by atoms with Crippen molar-refractivity contribution in [1.82, 2.24) is 15.1 Å². The number of urea groups is 1.